The fourth-order valence-electron chi connectivity index (χ4n) is 5.24. The van der Waals surface area contributed by atoms with Crippen LogP contribution >= 0.6 is 0 Å². The summed E-state index contributed by atoms with van der Waals surface area (Å²) < 4.78 is 22.1. The third-order valence-electron chi connectivity index (χ3n) is 7.22. The number of aliphatic hydroxyl groups excluding tert-OH is 1. The van der Waals surface area contributed by atoms with Crippen LogP contribution in [0.1, 0.15) is 41.8 Å². The summed E-state index contributed by atoms with van der Waals surface area (Å²) in [6, 6.07) is 14.4. The number of nitrogens with zero attached hydrogens (tertiary/aromatic N) is 1. The molecule has 0 bridgehead atoms. The number of carbonyl (C=O) groups is 2. The molecule has 2 N–H and O–H groups in total. The van der Waals surface area contributed by atoms with Gasteiger partial charge in [0.05, 0.1) is 38.4 Å². The molecule has 2 heterocycles. The van der Waals surface area contributed by atoms with Crippen LogP contribution in [0.4, 0.5) is 4.79 Å². The molecule has 2 aliphatic rings. The fraction of sp³-hybridized carbons (Fsp3) is 0.533. The highest BCUT2D eigenvalue weighted by Gasteiger charge is 2.44. The molecule has 2 aromatic carbocycles. The van der Waals surface area contributed by atoms with Gasteiger partial charge >= 0.3 is 6.09 Å². The van der Waals surface area contributed by atoms with Gasteiger partial charge in [-0.05, 0) is 42.0 Å². The van der Waals surface area contributed by atoms with Crippen LogP contribution in [0.2, 0.25) is 0 Å². The molecule has 0 spiro atoms. The Kier molecular flexibility index (Phi) is 10.3. The van der Waals surface area contributed by atoms with Crippen LogP contribution in [0.3, 0.4) is 0 Å². The van der Waals surface area contributed by atoms with Gasteiger partial charge in [0.1, 0.15) is 18.1 Å². The average molecular weight is 541 g/mol. The molecule has 1 amide bonds. The van der Waals surface area contributed by atoms with Crippen molar-refractivity contribution in [2.75, 3.05) is 33.4 Å². The Bertz CT molecular complexity index is 1060. The highest BCUT2D eigenvalue weighted by atomic mass is 16.7. The smallest absolute Gasteiger partial charge is 0.407 e. The zero-order valence-corrected chi connectivity index (χ0v) is 23.0. The van der Waals surface area contributed by atoms with Crippen LogP contribution in [0, 0.1) is 11.8 Å². The largest absolute Gasteiger partial charge is 0.497 e. The summed E-state index contributed by atoms with van der Waals surface area (Å²) in [4.78, 5) is 26.3. The van der Waals surface area contributed by atoms with Crippen LogP contribution in [0.15, 0.2) is 48.5 Å². The van der Waals surface area contributed by atoms with Gasteiger partial charge in [-0.3, -0.25) is 9.69 Å². The second kappa shape index (κ2) is 13.9. The number of rotatable bonds is 13. The van der Waals surface area contributed by atoms with Gasteiger partial charge in [-0.1, -0.05) is 50.2 Å². The van der Waals surface area contributed by atoms with Crippen LogP contribution in [0.25, 0.3) is 0 Å². The van der Waals surface area contributed by atoms with E-state index < -0.39 is 18.2 Å². The van der Waals surface area contributed by atoms with E-state index in [-0.39, 0.29) is 18.3 Å². The molecule has 0 saturated carbocycles. The minimum absolute atomic E-state index is 0.0287. The van der Waals surface area contributed by atoms with Crippen LogP contribution in [-0.4, -0.2) is 80.3 Å². The van der Waals surface area contributed by atoms with Crippen LogP contribution in [0.5, 0.6) is 5.75 Å². The van der Waals surface area contributed by atoms with Gasteiger partial charge in [0.2, 0.25) is 0 Å². The second-order valence-electron chi connectivity index (χ2n) is 10.8. The van der Waals surface area contributed by atoms with Crippen molar-refractivity contribution in [3.05, 3.63) is 65.2 Å². The van der Waals surface area contributed by atoms with Crippen molar-refractivity contribution >= 4 is 12.4 Å². The molecule has 2 aromatic rings. The van der Waals surface area contributed by atoms with E-state index in [1.165, 1.54) is 0 Å². The molecule has 39 heavy (non-hydrogen) atoms. The van der Waals surface area contributed by atoms with Gasteiger partial charge < -0.3 is 29.4 Å². The molecular weight excluding hydrogens is 500 g/mol. The quantitative estimate of drug-likeness (QED) is 0.372. The molecule has 5 atom stereocenters. The lowest BCUT2D eigenvalue weighted by Crippen LogP contribution is -2.50. The van der Waals surface area contributed by atoms with E-state index >= 15 is 0 Å². The topological polar surface area (TPSA) is 107 Å². The highest BCUT2D eigenvalue weighted by molar-refractivity contribution is 5.74. The van der Waals surface area contributed by atoms with E-state index in [0.717, 1.165) is 36.1 Å². The Morgan fingerprint density at radius 3 is 2.49 bits per heavy atom. The molecule has 2 saturated heterocycles. The van der Waals surface area contributed by atoms with Gasteiger partial charge in [-0.2, -0.15) is 0 Å². The number of hydrogen-bond acceptors (Lipinski definition) is 8. The third-order valence-corrected chi connectivity index (χ3v) is 7.22. The van der Waals surface area contributed by atoms with E-state index in [4.69, 9.17) is 18.9 Å². The Labute approximate surface area is 230 Å². The monoisotopic (exact) mass is 540 g/mol. The lowest BCUT2D eigenvalue weighted by Gasteiger charge is -2.31. The standard InChI is InChI=1S/C30H40N2O7/c1-20(2)15-32(16-22-8-10-24(36-3)11-9-22)17-27(34)26(14-21-4-6-23(18-33)7-5-21)31-30(35)39-28-19-38-29-25(28)12-13-37-29/h4-11,18,20,25-29,34H,12-17,19H2,1-3H3,(H,31,35)/t25-,26-,27+,28-,29+/m0/s1. The first-order chi connectivity index (χ1) is 18.8. The Balaban J connectivity index is 1.45. The minimum atomic E-state index is -0.873. The third kappa shape index (κ3) is 8.25. The maximum atomic E-state index is 13.0. The maximum Gasteiger partial charge on any atom is 0.407 e. The van der Waals surface area contributed by atoms with Gasteiger partial charge in [0.25, 0.3) is 0 Å². The van der Waals surface area contributed by atoms with E-state index in [1.807, 2.05) is 36.4 Å². The van der Waals surface area contributed by atoms with Crippen molar-refractivity contribution in [2.24, 2.45) is 11.8 Å². The molecule has 2 aliphatic heterocycles. The fourth-order valence-corrected chi connectivity index (χ4v) is 5.24. The molecule has 0 aliphatic carbocycles. The highest BCUT2D eigenvalue weighted by Crippen LogP contribution is 2.33. The number of hydrogen-bond donors (Lipinski definition) is 2. The number of methoxy groups -OCH3 is 1. The van der Waals surface area contributed by atoms with Crippen molar-refractivity contribution < 1.29 is 33.6 Å². The number of aliphatic hydroxyl groups is 1. The lowest BCUT2D eigenvalue weighted by atomic mass is 9.99. The summed E-state index contributed by atoms with van der Waals surface area (Å²) >= 11 is 0. The first kappa shape index (κ1) is 29.0. The number of ether oxygens (including phenoxy) is 4. The molecular formula is C30H40N2O7. The van der Waals surface area contributed by atoms with Crippen molar-refractivity contribution in [2.45, 2.75) is 57.8 Å². The minimum Gasteiger partial charge on any atom is -0.497 e. The Morgan fingerprint density at radius 1 is 1.10 bits per heavy atom. The van der Waals surface area contributed by atoms with E-state index in [0.29, 0.717) is 44.2 Å². The summed E-state index contributed by atoms with van der Waals surface area (Å²) in [5.74, 6) is 1.20. The van der Waals surface area contributed by atoms with Gasteiger partial charge in [-0.15, -0.1) is 0 Å². The molecule has 2 fully saturated rings. The predicted octanol–water partition coefficient (Wildman–Crippen LogP) is 3.43. The summed E-state index contributed by atoms with van der Waals surface area (Å²) in [6.45, 7) is 6.94. The van der Waals surface area contributed by atoms with Crippen LogP contribution < -0.4 is 10.1 Å². The van der Waals surface area contributed by atoms with Crippen LogP contribution in [-0.2, 0) is 27.2 Å². The number of nitrogens with one attached hydrogen (secondary N) is 1. The normalized spacial score (nSPS) is 21.9. The molecule has 4 rings (SSSR count). The molecule has 212 valence electrons. The second-order valence-corrected chi connectivity index (χ2v) is 10.8. The van der Waals surface area contributed by atoms with Crippen molar-refractivity contribution in [1.82, 2.24) is 10.2 Å². The Morgan fingerprint density at radius 2 is 1.82 bits per heavy atom. The first-order valence-corrected chi connectivity index (χ1v) is 13.6. The van der Waals surface area contributed by atoms with E-state index in [9.17, 15) is 14.7 Å². The molecule has 0 unspecified atom stereocenters. The van der Waals surface area contributed by atoms with Crippen molar-refractivity contribution in [1.29, 1.82) is 0 Å². The zero-order valence-electron chi connectivity index (χ0n) is 23.0. The number of aldehydes is 1. The number of alkyl carbamates (subject to hydrolysis) is 1. The predicted molar refractivity (Wildman–Crippen MR) is 146 cm³/mol. The maximum absolute atomic E-state index is 13.0. The average Bonchev–Trinajstić information content (AvgIpc) is 3.54. The first-order valence-electron chi connectivity index (χ1n) is 13.6. The van der Waals surface area contributed by atoms with Crippen molar-refractivity contribution in [3.63, 3.8) is 0 Å². The van der Waals surface area contributed by atoms with Crippen molar-refractivity contribution in [3.8, 4) is 5.75 Å². The number of carbonyl (C=O) groups excluding carboxylic acids is 2. The van der Waals surface area contributed by atoms with Gasteiger partial charge in [0.15, 0.2) is 6.29 Å². The summed E-state index contributed by atoms with van der Waals surface area (Å²) in [5.41, 5.74) is 2.57. The number of amides is 1. The van der Waals surface area contributed by atoms with Gasteiger partial charge in [-0.25, -0.2) is 4.79 Å². The van der Waals surface area contributed by atoms with Gasteiger partial charge in [0, 0.05) is 25.2 Å². The lowest BCUT2D eigenvalue weighted by molar-refractivity contribution is -0.0907. The summed E-state index contributed by atoms with van der Waals surface area (Å²) in [5, 5.41) is 14.4. The van der Waals surface area contributed by atoms with E-state index in [2.05, 4.69) is 24.1 Å². The molecule has 0 aromatic heterocycles. The molecule has 9 heteroatoms. The van der Waals surface area contributed by atoms with E-state index in [1.54, 1.807) is 19.2 Å². The molecule has 0 radical (unpaired) electrons. The summed E-state index contributed by atoms with van der Waals surface area (Å²) in [6.07, 6.45) is -0.203. The summed E-state index contributed by atoms with van der Waals surface area (Å²) in [7, 11) is 1.64. The molecule has 9 nitrogen and oxygen atoms in total. The number of benzene rings is 2. The zero-order chi connectivity index (χ0) is 27.8. The Hall–Kier alpha value is -2.98. The SMILES string of the molecule is COc1ccc(CN(CC(C)C)C[C@@H](O)[C@H](Cc2ccc(C=O)cc2)NC(=O)O[C@H]2CO[C@H]3OCC[C@H]32)cc1. The number of fused-ring (bicyclic) bond motifs is 1.